The number of benzene rings is 1. The van der Waals surface area contributed by atoms with Gasteiger partial charge in [0, 0.05) is 13.1 Å². The van der Waals surface area contributed by atoms with Gasteiger partial charge < -0.3 is 10.6 Å². The molecule has 1 aromatic heterocycles. The minimum absolute atomic E-state index is 0.0505. The molecular formula is C14H14F3N5O3. The van der Waals surface area contributed by atoms with Crippen molar-refractivity contribution < 1.29 is 22.9 Å². The van der Waals surface area contributed by atoms with Crippen LogP contribution in [-0.2, 0) is 6.54 Å². The monoisotopic (exact) mass is 357 g/mol. The molecule has 1 amide bonds. The molecule has 0 unspecified atom stereocenters. The van der Waals surface area contributed by atoms with Crippen LogP contribution in [0.5, 0.6) is 0 Å². The van der Waals surface area contributed by atoms with Crippen molar-refractivity contribution in [1.29, 1.82) is 0 Å². The number of nitro groups is 1. The van der Waals surface area contributed by atoms with Crippen molar-refractivity contribution >= 4 is 11.6 Å². The summed E-state index contributed by atoms with van der Waals surface area (Å²) in [5, 5.41) is 20.5. The molecule has 1 atom stereocenters. The molecule has 8 nitrogen and oxygen atoms in total. The largest absolute Gasteiger partial charge is 0.405 e. The van der Waals surface area contributed by atoms with Crippen LogP contribution in [0.2, 0.25) is 0 Å². The third kappa shape index (κ3) is 5.01. The Balaban J connectivity index is 1.99. The predicted molar refractivity (Wildman–Crippen MR) is 80.7 cm³/mol. The first-order valence-corrected chi connectivity index (χ1v) is 7.09. The molecule has 2 rings (SSSR count). The molecule has 0 spiro atoms. The quantitative estimate of drug-likeness (QED) is 0.516. The number of halogens is 3. The van der Waals surface area contributed by atoms with E-state index in [1.807, 2.05) is 5.32 Å². The van der Waals surface area contributed by atoms with Crippen LogP contribution in [0.4, 0.5) is 18.9 Å². The molecule has 0 aliphatic rings. The molecule has 2 aromatic rings. The Morgan fingerprint density at radius 3 is 2.60 bits per heavy atom. The van der Waals surface area contributed by atoms with Crippen molar-refractivity contribution in [3.63, 3.8) is 0 Å². The summed E-state index contributed by atoms with van der Waals surface area (Å²) in [7, 11) is 0. The van der Waals surface area contributed by atoms with E-state index in [2.05, 4.69) is 15.5 Å². The molecule has 0 fully saturated rings. The molecule has 1 heterocycles. The van der Waals surface area contributed by atoms with Gasteiger partial charge in [-0.3, -0.25) is 20.0 Å². The van der Waals surface area contributed by atoms with Crippen LogP contribution in [-0.4, -0.2) is 39.8 Å². The normalized spacial score (nSPS) is 12.6. The van der Waals surface area contributed by atoms with Gasteiger partial charge in [0.2, 0.25) is 5.69 Å². The zero-order valence-corrected chi connectivity index (χ0v) is 12.7. The Hall–Kier alpha value is -2.95. The fourth-order valence-electron chi connectivity index (χ4n) is 2.01. The fourth-order valence-corrected chi connectivity index (χ4v) is 2.01. The number of alkyl halides is 3. The summed E-state index contributed by atoms with van der Waals surface area (Å²) < 4.78 is 39.2. The van der Waals surface area contributed by atoms with Crippen molar-refractivity contribution in [2.24, 2.45) is 0 Å². The topological polar surface area (TPSA) is 113 Å². The van der Waals surface area contributed by atoms with Gasteiger partial charge in [0.05, 0.1) is 4.92 Å². The van der Waals surface area contributed by atoms with Gasteiger partial charge in [0.25, 0.3) is 5.91 Å². The van der Waals surface area contributed by atoms with Gasteiger partial charge >= 0.3 is 11.9 Å². The molecule has 0 saturated carbocycles. The standard InChI is InChI=1S/C14H14F3N5O3/c15-14(16,17)11(18-6-9-4-2-1-3-5-9)8-19-13(23)12-10(22(24)25)7-20-21-12/h1-5,7,11,18H,6,8H2,(H,19,23)(H,20,21)/t11-/m1/s1. The Morgan fingerprint density at radius 1 is 1.32 bits per heavy atom. The number of nitrogens with one attached hydrogen (secondary N) is 3. The van der Waals surface area contributed by atoms with Crippen LogP contribution in [0.15, 0.2) is 36.5 Å². The molecule has 134 valence electrons. The zero-order valence-electron chi connectivity index (χ0n) is 12.7. The molecule has 11 heteroatoms. The molecule has 0 saturated heterocycles. The summed E-state index contributed by atoms with van der Waals surface area (Å²) in [4.78, 5) is 21.7. The number of rotatable bonds is 7. The summed E-state index contributed by atoms with van der Waals surface area (Å²) in [6, 6.07) is 6.43. The first-order valence-electron chi connectivity index (χ1n) is 7.09. The summed E-state index contributed by atoms with van der Waals surface area (Å²) >= 11 is 0. The van der Waals surface area contributed by atoms with E-state index in [0.717, 1.165) is 6.20 Å². The second-order valence-electron chi connectivity index (χ2n) is 5.06. The molecular weight excluding hydrogens is 343 g/mol. The van der Waals surface area contributed by atoms with E-state index in [4.69, 9.17) is 0 Å². The minimum Gasteiger partial charge on any atom is -0.349 e. The molecule has 0 aliphatic heterocycles. The van der Waals surface area contributed by atoms with Crippen molar-refractivity contribution in [2.75, 3.05) is 6.54 Å². The number of nitrogens with zero attached hydrogens (tertiary/aromatic N) is 2. The van der Waals surface area contributed by atoms with Gasteiger partial charge in [-0.05, 0) is 5.56 Å². The molecule has 25 heavy (non-hydrogen) atoms. The van der Waals surface area contributed by atoms with E-state index in [0.29, 0.717) is 5.56 Å². The molecule has 0 radical (unpaired) electrons. The fraction of sp³-hybridized carbons (Fsp3) is 0.286. The summed E-state index contributed by atoms with van der Waals surface area (Å²) in [5.74, 6) is -1.04. The van der Waals surface area contributed by atoms with Gasteiger partial charge in [0.15, 0.2) is 0 Å². The van der Waals surface area contributed by atoms with Crippen LogP contribution in [0.25, 0.3) is 0 Å². The summed E-state index contributed by atoms with van der Waals surface area (Å²) in [5.41, 5.74) is -0.473. The van der Waals surface area contributed by atoms with Crippen LogP contribution < -0.4 is 10.6 Å². The van der Waals surface area contributed by atoms with Crippen LogP contribution in [0.3, 0.4) is 0 Å². The van der Waals surface area contributed by atoms with Crippen molar-refractivity contribution in [3.8, 4) is 0 Å². The molecule has 3 N–H and O–H groups in total. The highest BCUT2D eigenvalue weighted by molar-refractivity contribution is 5.95. The van der Waals surface area contributed by atoms with Gasteiger partial charge in [-0.2, -0.15) is 18.3 Å². The zero-order chi connectivity index (χ0) is 18.4. The van der Waals surface area contributed by atoms with Crippen molar-refractivity contribution in [1.82, 2.24) is 20.8 Å². The smallest absolute Gasteiger partial charge is 0.349 e. The highest BCUT2D eigenvalue weighted by Crippen LogP contribution is 2.20. The average Bonchev–Trinajstić information content (AvgIpc) is 3.04. The third-order valence-corrected chi connectivity index (χ3v) is 3.30. The Labute approximate surface area is 139 Å². The van der Waals surface area contributed by atoms with E-state index in [1.54, 1.807) is 30.3 Å². The van der Waals surface area contributed by atoms with E-state index in [-0.39, 0.29) is 6.54 Å². The molecule has 1 aromatic carbocycles. The lowest BCUT2D eigenvalue weighted by molar-refractivity contribution is -0.385. The number of carbonyl (C=O) groups excluding carboxylic acids is 1. The number of amides is 1. The number of aromatic nitrogens is 2. The highest BCUT2D eigenvalue weighted by atomic mass is 19.4. The Kier molecular flexibility index (Phi) is 5.70. The Bertz CT molecular complexity index is 733. The molecule has 0 aliphatic carbocycles. The average molecular weight is 357 g/mol. The van der Waals surface area contributed by atoms with Gasteiger partial charge in [0.1, 0.15) is 12.2 Å². The Morgan fingerprint density at radius 2 is 2.00 bits per heavy atom. The van der Waals surface area contributed by atoms with Gasteiger partial charge in [-0.1, -0.05) is 30.3 Å². The number of hydrogen-bond acceptors (Lipinski definition) is 5. The van der Waals surface area contributed by atoms with E-state index >= 15 is 0 Å². The maximum absolute atomic E-state index is 13.1. The maximum Gasteiger partial charge on any atom is 0.405 e. The number of hydrogen-bond donors (Lipinski definition) is 3. The van der Waals surface area contributed by atoms with E-state index in [9.17, 15) is 28.1 Å². The molecule has 0 bridgehead atoms. The summed E-state index contributed by atoms with van der Waals surface area (Å²) in [6.07, 6.45) is -3.80. The first kappa shape index (κ1) is 18.4. The second-order valence-corrected chi connectivity index (χ2v) is 5.06. The van der Waals surface area contributed by atoms with Crippen molar-refractivity contribution in [2.45, 2.75) is 18.8 Å². The van der Waals surface area contributed by atoms with Crippen molar-refractivity contribution in [3.05, 3.63) is 57.9 Å². The van der Waals surface area contributed by atoms with Crippen LogP contribution >= 0.6 is 0 Å². The van der Waals surface area contributed by atoms with Gasteiger partial charge in [-0.15, -0.1) is 0 Å². The van der Waals surface area contributed by atoms with Crippen LogP contribution in [0.1, 0.15) is 16.1 Å². The SMILES string of the molecule is O=C(NC[C@@H](NCc1ccccc1)C(F)(F)F)c1[nH]ncc1[N+](=O)[O-]. The number of H-pyrrole nitrogens is 1. The lowest BCUT2D eigenvalue weighted by atomic mass is 10.2. The first-order chi connectivity index (χ1) is 11.8. The van der Waals surface area contributed by atoms with E-state index in [1.165, 1.54) is 0 Å². The summed E-state index contributed by atoms with van der Waals surface area (Å²) in [6.45, 7) is -0.837. The number of aromatic amines is 1. The van der Waals surface area contributed by atoms with E-state index < -0.39 is 41.0 Å². The number of carbonyl (C=O) groups is 1. The predicted octanol–water partition coefficient (Wildman–Crippen LogP) is 1.77. The van der Waals surface area contributed by atoms with Crippen LogP contribution in [0, 0.1) is 10.1 Å². The van der Waals surface area contributed by atoms with Gasteiger partial charge in [-0.25, -0.2) is 0 Å². The lowest BCUT2D eigenvalue weighted by Gasteiger charge is -2.22. The second kappa shape index (κ2) is 7.75. The third-order valence-electron chi connectivity index (χ3n) is 3.30. The maximum atomic E-state index is 13.1. The highest BCUT2D eigenvalue weighted by Gasteiger charge is 2.39. The minimum atomic E-state index is -4.61. The lowest BCUT2D eigenvalue weighted by Crippen LogP contribution is -2.49.